The lowest BCUT2D eigenvalue weighted by Crippen LogP contribution is -2.50. The highest BCUT2D eigenvalue weighted by atomic mass is 35.5. The van der Waals surface area contributed by atoms with Crippen LogP contribution in [-0.4, -0.2) is 35.4 Å². The van der Waals surface area contributed by atoms with Crippen LogP contribution in [0.5, 0.6) is 0 Å². The summed E-state index contributed by atoms with van der Waals surface area (Å²) in [4.78, 5) is 21.4. The number of carbonyl (C=O) groups excluding carboxylic acids is 1. The van der Waals surface area contributed by atoms with Crippen molar-refractivity contribution in [3.63, 3.8) is 0 Å². The molecule has 2 aromatic carbocycles. The van der Waals surface area contributed by atoms with Gasteiger partial charge in [0.2, 0.25) is 5.91 Å². The van der Waals surface area contributed by atoms with E-state index < -0.39 is 0 Å². The summed E-state index contributed by atoms with van der Waals surface area (Å²) in [5.41, 5.74) is 5.98. The molecule has 4 nitrogen and oxygen atoms in total. The van der Waals surface area contributed by atoms with Crippen molar-refractivity contribution in [3.05, 3.63) is 99.8 Å². The second kappa shape index (κ2) is 9.64. The van der Waals surface area contributed by atoms with Gasteiger partial charge >= 0.3 is 0 Å². The average molecular weight is 500 g/mol. The van der Waals surface area contributed by atoms with Gasteiger partial charge in [-0.3, -0.25) is 4.79 Å². The fourth-order valence-corrected chi connectivity index (χ4v) is 7.27. The third-order valence-electron chi connectivity index (χ3n) is 8.85. The average Bonchev–Trinajstić information content (AvgIpc) is 3.32. The third-order valence-corrected chi connectivity index (χ3v) is 9.06. The molecule has 186 valence electrons. The zero-order chi connectivity index (χ0) is 24.7. The Morgan fingerprint density at radius 2 is 1.92 bits per heavy atom. The fourth-order valence-electron chi connectivity index (χ4n) is 7.10. The van der Waals surface area contributed by atoms with Gasteiger partial charge in [-0.15, -0.1) is 0 Å². The van der Waals surface area contributed by atoms with Crippen LogP contribution in [0.3, 0.4) is 0 Å². The van der Waals surface area contributed by atoms with Crippen molar-refractivity contribution >= 4 is 17.5 Å². The maximum atomic E-state index is 14.5. The van der Waals surface area contributed by atoms with Crippen LogP contribution in [0, 0.1) is 12.8 Å². The molecule has 2 aliphatic heterocycles. The van der Waals surface area contributed by atoms with Crippen LogP contribution in [0.15, 0.2) is 66.7 Å². The Bertz CT molecular complexity index is 1260. The molecule has 3 aliphatic rings. The number of amides is 1. The Hall–Kier alpha value is -2.69. The molecule has 0 radical (unpaired) electrons. The van der Waals surface area contributed by atoms with E-state index in [0.717, 1.165) is 57.4 Å². The van der Waals surface area contributed by atoms with E-state index in [9.17, 15) is 4.79 Å². The second-order valence-corrected chi connectivity index (χ2v) is 11.3. The Morgan fingerprint density at radius 1 is 1.08 bits per heavy atom. The van der Waals surface area contributed by atoms with E-state index in [2.05, 4.69) is 82.8 Å². The van der Waals surface area contributed by atoms with E-state index in [1.54, 1.807) is 0 Å². The minimum Gasteiger partial charge on any atom is -0.335 e. The number of pyridine rings is 1. The van der Waals surface area contributed by atoms with Crippen molar-refractivity contribution in [3.8, 4) is 0 Å². The summed E-state index contributed by atoms with van der Waals surface area (Å²) in [6, 6.07) is 23.7. The summed E-state index contributed by atoms with van der Waals surface area (Å²) in [7, 11) is 0. The van der Waals surface area contributed by atoms with E-state index in [1.165, 1.54) is 22.3 Å². The van der Waals surface area contributed by atoms with E-state index >= 15 is 0 Å². The van der Waals surface area contributed by atoms with Crippen molar-refractivity contribution in [1.82, 2.24) is 15.2 Å². The van der Waals surface area contributed by atoms with E-state index in [1.807, 2.05) is 6.07 Å². The molecule has 1 aromatic heterocycles. The quantitative estimate of drug-likeness (QED) is 0.450. The van der Waals surface area contributed by atoms with Gasteiger partial charge in [-0.1, -0.05) is 77.8 Å². The number of hydrogen-bond acceptors (Lipinski definition) is 3. The lowest BCUT2D eigenvalue weighted by atomic mass is 9.65. The molecule has 36 heavy (non-hydrogen) atoms. The van der Waals surface area contributed by atoms with Crippen LogP contribution in [-0.2, 0) is 16.6 Å². The van der Waals surface area contributed by atoms with Crippen molar-refractivity contribution in [2.24, 2.45) is 5.92 Å². The molecule has 0 bridgehead atoms. The van der Waals surface area contributed by atoms with E-state index in [0.29, 0.717) is 17.0 Å². The Labute approximate surface area is 219 Å². The number of hydrogen-bond donors (Lipinski definition) is 1. The van der Waals surface area contributed by atoms with Crippen molar-refractivity contribution in [2.45, 2.75) is 56.4 Å². The highest BCUT2D eigenvalue weighted by molar-refractivity contribution is 6.29. The molecule has 1 N–H and O–H groups in total. The molecule has 5 heteroatoms. The van der Waals surface area contributed by atoms with Gasteiger partial charge in [-0.2, -0.15) is 0 Å². The second-order valence-electron chi connectivity index (χ2n) is 10.9. The maximum absolute atomic E-state index is 14.5. The summed E-state index contributed by atoms with van der Waals surface area (Å²) in [5, 5.41) is 4.14. The highest BCUT2D eigenvalue weighted by Gasteiger charge is 2.52. The number of halogens is 1. The zero-order valence-corrected chi connectivity index (χ0v) is 21.7. The fraction of sp³-hybridized carbons (Fsp3) is 0.419. The summed E-state index contributed by atoms with van der Waals surface area (Å²) < 4.78 is 0. The first-order chi connectivity index (χ1) is 17.5. The number of aromatic nitrogens is 1. The number of carbonyl (C=O) groups is 1. The monoisotopic (exact) mass is 499 g/mol. The smallest absolute Gasteiger partial charge is 0.228 e. The number of piperidine rings is 1. The predicted octanol–water partition coefficient (Wildman–Crippen LogP) is 5.98. The summed E-state index contributed by atoms with van der Waals surface area (Å²) >= 11 is 6.25. The first-order valence-electron chi connectivity index (χ1n) is 13.3. The van der Waals surface area contributed by atoms with Gasteiger partial charge in [0, 0.05) is 30.7 Å². The van der Waals surface area contributed by atoms with Gasteiger partial charge in [-0.05, 0) is 67.7 Å². The van der Waals surface area contributed by atoms with E-state index in [4.69, 9.17) is 11.6 Å². The van der Waals surface area contributed by atoms with Crippen LogP contribution < -0.4 is 5.32 Å². The van der Waals surface area contributed by atoms with Gasteiger partial charge in [0.1, 0.15) is 5.15 Å². The molecular formula is C31H34ClN3O. The highest BCUT2D eigenvalue weighted by Crippen LogP contribution is 2.48. The number of aryl methyl sites for hydroxylation is 2. The number of fused-ring (bicyclic) bond motifs is 2. The lowest BCUT2D eigenvalue weighted by molar-refractivity contribution is -0.141. The van der Waals surface area contributed by atoms with Crippen LogP contribution in [0.1, 0.15) is 65.6 Å². The van der Waals surface area contributed by atoms with Crippen molar-refractivity contribution < 1.29 is 4.79 Å². The topological polar surface area (TPSA) is 45.2 Å². The molecular weight excluding hydrogens is 466 g/mol. The first kappa shape index (κ1) is 23.7. The molecule has 6 rings (SSSR count). The van der Waals surface area contributed by atoms with Gasteiger partial charge in [0.05, 0.1) is 12.0 Å². The summed E-state index contributed by atoms with van der Waals surface area (Å²) in [6.07, 6.45) is 4.96. The molecule has 0 saturated carbocycles. The minimum absolute atomic E-state index is 0.0832. The molecule has 2 saturated heterocycles. The Balaban J connectivity index is 1.35. The standard InChI is InChI=1S/C31H34ClN3O/c1-21-7-5-10-24(17-21)28-18-23(22-8-3-2-4-9-22)14-16-35(28)30(36)26-19-33-20-31(26)15-6-11-27-25(31)12-13-29(32)34-27/h2-5,7-10,12-13,17,23,26,28,33H,6,11,14-16,18-20H2,1H3/t23?,26-,28?,31-/m0/s1. The lowest BCUT2D eigenvalue weighted by Gasteiger charge is -2.45. The molecule has 3 aromatic rings. The third kappa shape index (κ3) is 4.14. The molecule has 1 spiro atoms. The Morgan fingerprint density at radius 3 is 2.75 bits per heavy atom. The van der Waals surface area contributed by atoms with Crippen LogP contribution in [0.25, 0.3) is 0 Å². The predicted molar refractivity (Wildman–Crippen MR) is 144 cm³/mol. The molecule has 1 amide bonds. The van der Waals surface area contributed by atoms with Crippen LogP contribution in [0.2, 0.25) is 5.15 Å². The van der Waals surface area contributed by atoms with Crippen LogP contribution >= 0.6 is 11.6 Å². The number of nitrogens with one attached hydrogen (secondary N) is 1. The number of rotatable bonds is 3. The van der Waals surface area contributed by atoms with Crippen molar-refractivity contribution in [2.75, 3.05) is 19.6 Å². The van der Waals surface area contributed by atoms with Gasteiger partial charge < -0.3 is 10.2 Å². The Kier molecular flexibility index (Phi) is 6.35. The normalized spacial score (nSPS) is 27.7. The van der Waals surface area contributed by atoms with Crippen molar-refractivity contribution in [1.29, 1.82) is 0 Å². The van der Waals surface area contributed by atoms with E-state index in [-0.39, 0.29) is 17.4 Å². The molecule has 4 atom stereocenters. The SMILES string of the molecule is Cc1cccc(C2CC(c3ccccc3)CCN2C(=O)[C@@H]2CNC[C@]23CCCc2nc(Cl)ccc23)c1. The minimum atomic E-state index is -0.199. The number of benzene rings is 2. The summed E-state index contributed by atoms with van der Waals surface area (Å²) in [5.74, 6) is 0.666. The molecule has 1 aliphatic carbocycles. The molecule has 2 unspecified atom stereocenters. The largest absolute Gasteiger partial charge is 0.335 e. The van der Waals surface area contributed by atoms with Gasteiger partial charge in [0.15, 0.2) is 0 Å². The molecule has 3 heterocycles. The summed E-state index contributed by atoms with van der Waals surface area (Å²) in [6.45, 7) is 4.48. The first-order valence-corrected chi connectivity index (χ1v) is 13.7. The van der Waals surface area contributed by atoms with Gasteiger partial charge in [0.25, 0.3) is 0 Å². The number of likely N-dealkylation sites (tertiary alicyclic amines) is 1. The number of nitrogens with zero attached hydrogens (tertiary/aromatic N) is 2. The maximum Gasteiger partial charge on any atom is 0.228 e. The molecule has 2 fully saturated rings. The van der Waals surface area contributed by atoms with Gasteiger partial charge in [-0.25, -0.2) is 4.98 Å². The zero-order valence-electron chi connectivity index (χ0n) is 20.9. The van der Waals surface area contributed by atoms with Crippen LogP contribution in [0.4, 0.5) is 0 Å².